The van der Waals surface area contributed by atoms with E-state index < -0.39 is 0 Å². The average Bonchev–Trinajstić information content (AvgIpc) is 2.41. The number of rotatable bonds is 4. The van der Waals surface area contributed by atoms with E-state index in [0.29, 0.717) is 17.7 Å². The SMILES string of the molecule is CC1CNCCC1NC(=O)CSc1ccc(Cl)cc1.Cl. The van der Waals surface area contributed by atoms with E-state index >= 15 is 0 Å². The van der Waals surface area contributed by atoms with E-state index in [1.807, 2.05) is 24.3 Å². The van der Waals surface area contributed by atoms with Crippen molar-refractivity contribution in [1.82, 2.24) is 10.6 Å². The molecule has 1 aliphatic rings. The molecule has 20 heavy (non-hydrogen) atoms. The highest BCUT2D eigenvalue weighted by molar-refractivity contribution is 8.00. The summed E-state index contributed by atoms with van der Waals surface area (Å²) in [6.45, 7) is 4.14. The third kappa shape index (κ3) is 5.52. The number of hydrogen-bond acceptors (Lipinski definition) is 3. The Morgan fingerprint density at radius 2 is 2.15 bits per heavy atom. The van der Waals surface area contributed by atoms with Crippen LogP contribution in [0.25, 0.3) is 0 Å². The zero-order valence-electron chi connectivity index (χ0n) is 11.4. The summed E-state index contributed by atoms with van der Waals surface area (Å²) in [5, 5.41) is 7.18. The standard InChI is InChI=1S/C14H19ClN2OS.ClH/c1-10-8-16-7-6-13(10)17-14(18)9-19-12-4-2-11(15)3-5-12;/h2-5,10,13,16H,6-9H2,1H3,(H,17,18);1H. The summed E-state index contributed by atoms with van der Waals surface area (Å²) >= 11 is 7.37. The number of nitrogens with one attached hydrogen (secondary N) is 2. The number of amides is 1. The minimum atomic E-state index is 0. The lowest BCUT2D eigenvalue weighted by Gasteiger charge is -2.30. The van der Waals surface area contributed by atoms with Crippen LogP contribution in [0.4, 0.5) is 0 Å². The smallest absolute Gasteiger partial charge is 0.230 e. The molecule has 1 saturated heterocycles. The summed E-state index contributed by atoms with van der Waals surface area (Å²) in [6.07, 6.45) is 1.01. The average molecular weight is 335 g/mol. The van der Waals surface area contributed by atoms with E-state index in [4.69, 9.17) is 11.6 Å². The Morgan fingerprint density at radius 1 is 1.45 bits per heavy atom. The van der Waals surface area contributed by atoms with Gasteiger partial charge in [0.15, 0.2) is 0 Å². The van der Waals surface area contributed by atoms with Gasteiger partial charge >= 0.3 is 0 Å². The molecular weight excluding hydrogens is 315 g/mol. The number of carbonyl (C=O) groups is 1. The number of halogens is 2. The van der Waals surface area contributed by atoms with Crippen LogP contribution in [0.5, 0.6) is 0 Å². The maximum Gasteiger partial charge on any atom is 0.230 e. The molecule has 3 nitrogen and oxygen atoms in total. The van der Waals surface area contributed by atoms with Crippen molar-refractivity contribution in [1.29, 1.82) is 0 Å². The van der Waals surface area contributed by atoms with Gasteiger partial charge in [0.25, 0.3) is 0 Å². The Hall–Kier alpha value is -0.420. The summed E-state index contributed by atoms with van der Waals surface area (Å²) in [5.41, 5.74) is 0. The van der Waals surface area contributed by atoms with Crippen molar-refractivity contribution in [2.75, 3.05) is 18.8 Å². The van der Waals surface area contributed by atoms with Gasteiger partial charge in [0.05, 0.1) is 5.75 Å². The molecule has 0 radical (unpaired) electrons. The van der Waals surface area contributed by atoms with E-state index in [2.05, 4.69) is 17.6 Å². The van der Waals surface area contributed by atoms with E-state index in [9.17, 15) is 4.79 Å². The molecule has 0 aliphatic carbocycles. The lowest BCUT2D eigenvalue weighted by Crippen LogP contribution is -2.48. The second-order valence-electron chi connectivity index (χ2n) is 4.89. The molecule has 0 bridgehead atoms. The Labute approximate surface area is 135 Å². The molecule has 1 amide bonds. The van der Waals surface area contributed by atoms with Gasteiger partial charge in [-0.15, -0.1) is 24.2 Å². The van der Waals surface area contributed by atoms with Gasteiger partial charge in [0.2, 0.25) is 5.91 Å². The molecule has 0 saturated carbocycles. The third-order valence-electron chi connectivity index (χ3n) is 3.32. The zero-order chi connectivity index (χ0) is 13.7. The second kappa shape index (κ2) is 8.78. The van der Waals surface area contributed by atoms with Gasteiger partial charge in [-0.3, -0.25) is 4.79 Å². The summed E-state index contributed by atoms with van der Waals surface area (Å²) in [6, 6.07) is 7.87. The Morgan fingerprint density at radius 3 is 2.80 bits per heavy atom. The molecule has 0 aromatic heterocycles. The minimum Gasteiger partial charge on any atom is -0.352 e. The first-order chi connectivity index (χ1) is 9.15. The molecular formula is C14H20Cl2N2OS. The Bertz CT molecular complexity index is 428. The van der Waals surface area contributed by atoms with Gasteiger partial charge in [-0.25, -0.2) is 0 Å². The Kier molecular flexibility index (Phi) is 7.74. The summed E-state index contributed by atoms with van der Waals surface area (Å²) in [5.74, 6) is 1.06. The predicted octanol–water partition coefficient (Wildman–Crippen LogP) is 2.97. The van der Waals surface area contributed by atoms with Crippen LogP contribution < -0.4 is 10.6 Å². The van der Waals surface area contributed by atoms with Crippen molar-refractivity contribution in [3.8, 4) is 0 Å². The molecule has 1 heterocycles. The van der Waals surface area contributed by atoms with Gasteiger partial charge in [-0.05, 0) is 49.7 Å². The first-order valence-electron chi connectivity index (χ1n) is 6.53. The first-order valence-corrected chi connectivity index (χ1v) is 7.90. The quantitative estimate of drug-likeness (QED) is 0.831. The van der Waals surface area contributed by atoms with Crippen molar-refractivity contribution in [3.63, 3.8) is 0 Å². The maximum absolute atomic E-state index is 11.9. The van der Waals surface area contributed by atoms with Crippen LogP contribution in [0, 0.1) is 5.92 Å². The van der Waals surface area contributed by atoms with Crippen molar-refractivity contribution < 1.29 is 4.79 Å². The fourth-order valence-corrected chi connectivity index (χ4v) is 2.99. The molecule has 0 spiro atoms. The fraction of sp³-hybridized carbons (Fsp3) is 0.500. The molecule has 1 aromatic rings. The number of piperidine rings is 1. The highest BCUT2D eigenvalue weighted by Gasteiger charge is 2.22. The largest absolute Gasteiger partial charge is 0.352 e. The lowest BCUT2D eigenvalue weighted by molar-refractivity contribution is -0.119. The summed E-state index contributed by atoms with van der Waals surface area (Å²) < 4.78 is 0. The second-order valence-corrected chi connectivity index (χ2v) is 6.37. The molecule has 2 rings (SSSR count). The van der Waals surface area contributed by atoms with E-state index in [1.165, 1.54) is 0 Å². The maximum atomic E-state index is 11.9. The molecule has 2 unspecified atom stereocenters. The number of carbonyl (C=O) groups excluding carboxylic acids is 1. The van der Waals surface area contributed by atoms with Crippen LogP contribution in [0.3, 0.4) is 0 Å². The van der Waals surface area contributed by atoms with E-state index in [0.717, 1.165) is 29.4 Å². The van der Waals surface area contributed by atoms with Crippen molar-refractivity contribution in [3.05, 3.63) is 29.3 Å². The molecule has 1 fully saturated rings. The lowest BCUT2D eigenvalue weighted by atomic mass is 9.95. The molecule has 2 N–H and O–H groups in total. The molecule has 6 heteroatoms. The highest BCUT2D eigenvalue weighted by atomic mass is 35.5. The molecule has 1 aliphatic heterocycles. The van der Waals surface area contributed by atoms with Crippen molar-refractivity contribution in [2.45, 2.75) is 24.3 Å². The summed E-state index contributed by atoms with van der Waals surface area (Å²) in [7, 11) is 0. The number of hydrogen-bond donors (Lipinski definition) is 2. The highest BCUT2D eigenvalue weighted by Crippen LogP contribution is 2.20. The van der Waals surface area contributed by atoms with Gasteiger partial charge in [0.1, 0.15) is 0 Å². The Balaban J connectivity index is 0.00000200. The van der Waals surface area contributed by atoms with E-state index in [1.54, 1.807) is 11.8 Å². The monoisotopic (exact) mass is 334 g/mol. The minimum absolute atomic E-state index is 0. The van der Waals surface area contributed by atoms with Crippen LogP contribution >= 0.6 is 35.8 Å². The predicted molar refractivity (Wildman–Crippen MR) is 88.0 cm³/mol. The number of benzene rings is 1. The zero-order valence-corrected chi connectivity index (χ0v) is 13.8. The first kappa shape index (κ1) is 17.6. The van der Waals surface area contributed by atoms with E-state index in [-0.39, 0.29) is 18.3 Å². The molecule has 2 atom stereocenters. The molecule has 1 aromatic carbocycles. The topological polar surface area (TPSA) is 41.1 Å². The van der Waals surface area contributed by atoms with Crippen LogP contribution in [-0.4, -0.2) is 30.8 Å². The van der Waals surface area contributed by atoms with Crippen LogP contribution in [0.1, 0.15) is 13.3 Å². The third-order valence-corrected chi connectivity index (χ3v) is 4.58. The fourth-order valence-electron chi connectivity index (χ4n) is 2.16. The van der Waals surface area contributed by atoms with Crippen molar-refractivity contribution in [2.24, 2.45) is 5.92 Å². The van der Waals surface area contributed by atoms with Gasteiger partial charge in [-0.2, -0.15) is 0 Å². The van der Waals surface area contributed by atoms with Crippen LogP contribution in [-0.2, 0) is 4.79 Å². The summed E-state index contributed by atoms with van der Waals surface area (Å²) in [4.78, 5) is 13.0. The van der Waals surface area contributed by atoms with Crippen LogP contribution in [0.2, 0.25) is 5.02 Å². The van der Waals surface area contributed by atoms with Gasteiger partial charge in [-0.1, -0.05) is 18.5 Å². The van der Waals surface area contributed by atoms with Crippen molar-refractivity contribution >= 4 is 41.7 Å². The van der Waals surface area contributed by atoms with Gasteiger partial charge < -0.3 is 10.6 Å². The van der Waals surface area contributed by atoms with Gasteiger partial charge in [0, 0.05) is 16.0 Å². The van der Waals surface area contributed by atoms with Crippen LogP contribution in [0.15, 0.2) is 29.2 Å². The molecule has 112 valence electrons. The number of thioether (sulfide) groups is 1. The normalized spacial score (nSPS) is 21.9.